The van der Waals surface area contributed by atoms with Gasteiger partial charge in [-0.3, -0.25) is 14.5 Å². The number of rotatable bonds is 7. The van der Waals surface area contributed by atoms with Gasteiger partial charge in [0.1, 0.15) is 17.3 Å². The van der Waals surface area contributed by atoms with Crippen LogP contribution >= 0.6 is 11.3 Å². The molecule has 1 N–H and O–H groups in total. The van der Waals surface area contributed by atoms with E-state index in [-0.39, 0.29) is 23.9 Å². The number of piperazine rings is 1. The number of methoxy groups -OCH3 is 2. The second-order valence-corrected chi connectivity index (χ2v) is 8.56. The lowest BCUT2D eigenvalue weighted by molar-refractivity contribution is -0.117. The molecule has 1 aliphatic rings. The molecule has 8 nitrogen and oxygen atoms in total. The number of nitrogens with one attached hydrogen (secondary N) is 1. The fourth-order valence-electron chi connectivity index (χ4n) is 3.74. The topological polar surface area (TPSA) is 84.0 Å². The summed E-state index contributed by atoms with van der Waals surface area (Å²) >= 11 is 1.33. The van der Waals surface area contributed by atoms with Crippen LogP contribution in [0.4, 0.5) is 9.52 Å². The third kappa shape index (κ3) is 5.35. The molecule has 10 heteroatoms. The summed E-state index contributed by atoms with van der Waals surface area (Å²) in [7, 11) is 3.17. The maximum Gasteiger partial charge on any atom is 0.256 e. The van der Waals surface area contributed by atoms with Gasteiger partial charge in [-0.2, -0.15) is 0 Å². The summed E-state index contributed by atoms with van der Waals surface area (Å²) in [5.41, 5.74) is 1.57. The maximum absolute atomic E-state index is 13.9. The lowest BCUT2D eigenvalue weighted by Crippen LogP contribution is -2.50. The van der Waals surface area contributed by atoms with E-state index in [1.54, 1.807) is 37.3 Å². The van der Waals surface area contributed by atoms with Crippen molar-refractivity contribution in [3.8, 4) is 22.8 Å². The number of hydrogen-bond acceptors (Lipinski definition) is 7. The van der Waals surface area contributed by atoms with Gasteiger partial charge in [0.05, 0.1) is 32.0 Å². The summed E-state index contributed by atoms with van der Waals surface area (Å²) in [5.74, 6) is 0.276. The number of aromatic nitrogens is 1. The highest BCUT2D eigenvalue weighted by molar-refractivity contribution is 7.14. The molecule has 1 saturated heterocycles. The summed E-state index contributed by atoms with van der Waals surface area (Å²) in [4.78, 5) is 33.2. The van der Waals surface area contributed by atoms with Gasteiger partial charge in [-0.1, -0.05) is 12.1 Å². The van der Waals surface area contributed by atoms with Crippen molar-refractivity contribution in [3.05, 3.63) is 59.2 Å². The molecule has 34 heavy (non-hydrogen) atoms. The Morgan fingerprint density at radius 1 is 1.09 bits per heavy atom. The van der Waals surface area contributed by atoms with Gasteiger partial charge in [0.25, 0.3) is 5.91 Å². The molecule has 0 atom stereocenters. The Labute approximate surface area is 200 Å². The first-order chi connectivity index (χ1) is 16.5. The number of nitrogens with zero attached hydrogens (tertiary/aromatic N) is 3. The standard InChI is InChI=1S/C24H25FN4O4S/c1-32-16-7-8-18(21(13-16)33-2)20-15-34-24(26-20)27-22(30)14-28-9-11-29(12-10-28)23(31)17-5-3-4-6-19(17)25/h3-8,13,15H,9-12,14H2,1-2H3,(H,26,27,30). The minimum atomic E-state index is -0.524. The average Bonchev–Trinajstić information content (AvgIpc) is 3.32. The molecule has 2 aromatic carbocycles. The molecule has 0 saturated carbocycles. The normalized spacial score (nSPS) is 14.0. The SMILES string of the molecule is COc1ccc(-c2csc(NC(=O)CN3CCN(C(=O)c4ccccc4F)CC3)n2)c(OC)c1. The Kier molecular flexibility index (Phi) is 7.39. The molecule has 2 heterocycles. The largest absolute Gasteiger partial charge is 0.497 e. The second-order valence-electron chi connectivity index (χ2n) is 7.70. The molecule has 3 aromatic rings. The van der Waals surface area contributed by atoms with Crippen LogP contribution in [0.3, 0.4) is 0 Å². The molecule has 0 aliphatic carbocycles. The first-order valence-electron chi connectivity index (χ1n) is 10.7. The van der Waals surface area contributed by atoms with Crippen LogP contribution in [-0.2, 0) is 4.79 Å². The fraction of sp³-hybridized carbons (Fsp3) is 0.292. The third-order valence-corrected chi connectivity index (χ3v) is 6.32. The van der Waals surface area contributed by atoms with E-state index in [4.69, 9.17) is 9.47 Å². The third-order valence-electron chi connectivity index (χ3n) is 5.57. The first-order valence-corrected chi connectivity index (χ1v) is 11.6. The molecule has 0 bridgehead atoms. The van der Waals surface area contributed by atoms with Gasteiger partial charge < -0.3 is 19.7 Å². The Morgan fingerprint density at radius 2 is 1.85 bits per heavy atom. The summed E-state index contributed by atoms with van der Waals surface area (Å²) in [6, 6.07) is 11.4. The van der Waals surface area contributed by atoms with Crippen molar-refractivity contribution < 1.29 is 23.5 Å². The van der Waals surface area contributed by atoms with Gasteiger partial charge in [-0.25, -0.2) is 9.37 Å². The van der Waals surface area contributed by atoms with Crippen molar-refractivity contribution in [3.63, 3.8) is 0 Å². The monoisotopic (exact) mass is 484 g/mol. The molecule has 0 spiro atoms. The zero-order valence-electron chi connectivity index (χ0n) is 18.9. The Balaban J connectivity index is 1.30. The van der Waals surface area contributed by atoms with Gasteiger partial charge in [-0.05, 0) is 24.3 Å². The highest BCUT2D eigenvalue weighted by atomic mass is 32.1. The summed E-state index contributed by atoms with van der Waals surface area (Å²) < 4.78 is 24.6. The molecule has 2 amide bonds. The van der Waals surface area contributed by atoms with E-state index in [0.717, 1.165) is 5.56 Å². The van der Waals surface area contributed by atoms with Gasteiger partial charge in [0.15, 0.2) is 5.13 Å². The van der Waals surface area contributed by atoms with E-state index in [2.05, 4.69) is 10.3 Å². The number of amides is 2. The van der Waals surface area contributed by atoms with Crippen LogP contribution in [0.15, 0.2) is 47.8 Å². The number of hydrogen-bond donors (Lipinski definition) is 1. The van der Waals surface area contributed by atoms with Crippen LogP contribution in [0, 0.1) is 5.82 Å². The van der Waals surface area contributed by atoms with Crippen LogP contribution in [0.1, 0.15) is 10.4 Å². The van der Waals surface area contributed by atoms with E-state index in [9.17, 15) is 14.0 Å². The smallest absolute Gasteiger partial charge is 0.256 e. The van der Waals surface area contributed by atoms with Gasteiger partial charge in [0.2, 0.25) is 5.91 Å². The zero-order valence-corrected chi connectivity index (χ0v) is 19.7. The number of halogens is 1. The van der Waals surface area contributed by atoms with E-state index < -0.39 is 5.82 Å². The lowest BCUT2D eigenvalue weighted by Gasteiger charge is -2.34. The Morgan fingerprint density at radius 3 is 2.56 bits per heavy atom. The molecule has 0 radical (unpaired) electrons. The van der Waals surface area contributed by atoms with Crippen LogP contribution in [0.2, 0.25) is 0 Å². The lowest BCUT2D eigenvalue weighted by atomic mass is 10.1. The van der Waals surface area contributed by atoms with E-state index in [1.165, 1.54) is 23.5 Å². The fourth-order valence-corrected chi connectivity index (χ4v) is 4.47. The number of carbonyl (C=O) groups is 2. The molecule has 1 aliphatic heterocycles. The number of anilines is 1. The van der Waals surface area contributed by atoms with Crippen molar-refractivity contribution in [2.75, 3.05) is 52.3 Å². The highest BCUT2D eigenvalue weighted by Gasteiger charge is 2.25. The van der Waals surface area contributed by atoms with Gasteiger partial charge in [0, 0.05) is 43.2 Å². The first kappa shape index (κ1) is 23.7. The van der Waals surface area contributed by atoms with Crippen molar-refractivity contribution >= 4 is 28.3 Å². The molecule has 0 unspecified atom stereocenters. The van der Waals surface area contributed by atoms with Crippen LogP contribution in [0.5, 0.6) is 11.5 Å². The van der Waals surface area contributed by atoms with E-state index in [0.29, 0.717) is 48.5 Å². The molecule has 4 rings (SSSR count). The minimum absolute atomic E-state index is 0.0711. The minimum Gasteiger partial charge on any atom is -0.497 e. The van der Waals surface area contributed by atoms with Crippen molar-refractivity contribution in [2.45, 2.75) is 0 Å². The van der Waals surface area contributed by atoms with E-state index >= 15 is 0 Å². The quantitative estimate of drug-likeness (QED) is 0.554. The van der Waals surface area contributed by atoms with Crippen molar-refractivity contribution in [1.29, 1.82) is 0 Å². The second kappa shape index (κ2) is 10.6. The molecular weight excluding hydrogens is 459 g/mol. The summed E-state index contributed by atoms with van der Waals surface area (Å²) in [6.45, 7) is 2.10. The van der Waals surface area contributed by atoms with Crippen molar-refractivity contribution in [1.82, 2.24) is 14.8 Å². The predicted molar refractivity (Wildman–Crippen MR) is 128 cm³/mol. The number of ether oxygens (including phenoxy) is 2. The maximum atomic E-state index is 13.9. The van der Waals surface area contributed by atoms with Crippen LogP contribution in [-0.4, -0.2) is 73.5 Å². The summed E-state index contributed by atoms with van der Waals surface area (Å²) in [6.07, 6.45) is 0. The van der Waals surface area contributed by atoms with E-state index in [1.807, 2.05) is 22.4 Å². The van der Waals surface area contributed by atoms with Gasteiger partial charge in [-0.15, -0.1) is 11.3 Å². The van der Waals surface area contributed by atoms with Crippen LogP contribution < -0.4 is 14.8 Å². The number of thiazole rings is 1. The summed E-state index contributed by atoms with van der Waals surface area (Å²) in [5, 5.41) is 5.18. The Hall–Kier alpha value is -3.50. The molecular formula is C24H25FN4O4S. The molecule has 1 fully saturated rings. The molecule has 178 valence electrons. The number of carbonyl (C=O) groups excluding carboxylic acids is 2. The van der Waals surface area contributed by atoms with Gasteiger partial charge >= 0.3 is 0 Å². The highest BCUT2D eigenvalue weighted by Crippen LogP contribution is 2.34. The predicted octanol–water partition coefficient (Wildman–Crippen LogP) is 3.36. The molecule has 1 aromatic heterocycles. The average molecular weight is 485 g/mol. The Bertz CT molecular complexity index is 1180. The van der Waals surface area contributed by atoms with Crippen molar-refractivity contribution in [2.24, 2.45) is 0 Å². The number of benzene rings is 2. The van der Waals surface area contributed by atoms with Crippen LogP contribution in [0.25, 0.3) is 11.3 Å². The zero-order chi connectivity index (χ0) is 24.1.